The van der Waals surface area contributed by atoms with E-state index < -0.39 is 29.3 Å². The van der Waals surface area contributed by atoms with Crippen LogP contribution in [0.2, 0.25) is 0 Å². The van der Waals surface area contributed by atoms with Crippen molar-refractivity contribution in [2.45, 2.75) is 25.9 Å². The van der Waals surface area contributed by atoms with Gasteiger partial charge in [0.15, 0.2) is 0 Å². The lowest BCUT2D eigenvalue weighted by Crippen LogP contribution is -2.15. The number of alkyl halides is 3. The van der Waals surface area contributed by atoms with Crippen molar-refractivity contribution >= 4 is 5.97 Å². The van der Waals surface area contributed by atoms with Crippen LogP contribution in [0.3, 0.4) is 0 Å². The smallest absolute Gasteiger partial charge is 0.433 e. The van der Waals surface area contributed by atoms with Crippen LogP contribution >= 0.6 is 0 Å². The molecule has 0 amide bonds. The lowest BCUT2D eigenvalue weighted by Gasteiger charge is -2.11. The van der Waals surface area contributed by atoms with Crippen LogP contribution in [-0.2, 0) is 10.9 Å². The third-order valence-electron chi connectivity index (χ3n) is 2.49. The lowest BCUT2D eigenvalue weighted by atomic mass is 10.2. The van der Waals surface area contributed by atoms with Crippen molar-refractivity contribution in [3.63, 3.8) is 0 Å². The van der Waals surface area contributed by atoms with Gasteiger partial charge in [-0.05, 0) is 18.6 Å². The molecule has 0 aliphatic carbocycles. The number of carbonyl (C=O) groups is 1. The summed E-state index contributed by atoms with van der Waals surface area (Å²) in [5.74, 6) is -1.96. The molecule has 0 spiro atoms. The molecule has 1 heterocycles. The molecule has 0 unspecified atom stereocenters. The predicted octanol–water partition coefficient (Wildman–Crippen LogP) is 2.99. The molecule has 1 aromatic rings. The number of hydrogen-bond acceptors (Lipinski definition) is 4. The summed E-state index contributed by atoms with van der Waals surface area (Å²) in [4.78, 5) is 14.1. The van der Waals surface area contributed by atoms with Crippen LogP contribution in [0.1, 0.15) is 35.8 Å². The zero-order valence-corrected chi connectivity index (χ0v) is 11.4. The first kappa shape index (κ1) is 17.2. The number of ether oxygens (including phenoxy) is 2. The molecule has 0 atom stereocenters. The van der Waals surface area contributed by atoms with E-state index in [1.807, 2.05) is 6.92 Å². The second-order valence-corrected chi connectivity index (χ2v) is 4.17. The molecule has 21 heavy (non-hydrogen) atoms. The first-order valence-corrected chi connectivity index (χ1v) is 6.38. The minimum Gasteiger partial charge on any atom is -0.477 e. The Morgan fingerprint density at radius 1 is 1.29 bits per heavy atom. The van der Waals surface area contributed by atoms with Gasteiger partial charge in [0.25, 0.3) is 0 Å². The standard InChI is InChI=1S/C13H16F3NO4/c1-2-3-6-20-7-8-21-11-9(12(18)19)4-5-10(17-11)13(14,15)16/h4-5H,2-3,6-8H2,1H3,(H,18,19). The van der Waals surface area contributed by atoms with E-state index in [-0.39, 0.29) is 13.2 Å². The predicted molar refractivity (Wildman–Crippen MR) is 67.4 cm³/mol. The van der Waals surface area contributed by atoms with Gasteiger partial charge in [0.05, 0.1) is 6.61 Å². The maximum atomic E-state index is 12.5. The highest BCUT2D eigenvalue weighted by molar-refractivity contribution is 5.90. The van der Waals surface area contributed by atoms with E-state index >= 15 is 0 Å². The number of aromatic carboxylic acids is 1. The molecule has 5 nitrogen and oxygen atoms in total. The van der Waals surface area contributed by atoms with Crippen molar-refractivity contribution in [3.05, 3.63) is 23.4 Å². The second-order valence-electron chi connectivity index (χ2n) is 4.17. The molecular weight excluding hydrogens is 291 g/mol. The van der Waals surface area contributed by atoms with E-state index in [4.69, 9.17) is 14.6 Å². The number of pyridine rings is 1. The van der Waals surface area contributed by atoms with Crippen LogP contribution in [0.25, 0.3) is 0 Å². The van der Waals surface area contributed by atoms with Gasteiger partial charge < -0.3 is 14.6 Å². The third kappa shape index (κ3) is 5.58. The Balaban J connectivity index is 2.71. The van der Waals surface area contributed by atoms with Gasteiger partial charge in [-0.1, -0.05) is 13.3 Å². The van der Waals surface area contributed by atoms with Crippen LogP contribution < -0.4 is 4.74 Å². The highest BCUT2D eigenvalue weighted by Crippen LogP contribution is 2.30. The first-order chi connectivity index (χ1) is 9.86. The Morgan fingerprint density at radius 3 is 2.57 bits per heavy atom. The van der Waals surface area contributed by atoms with Crippen LogP contribution in [0.15, 0.2) is 12.1 Å². The van der Waals surface area contributed by atoms with Gasteiger partial charge in [0.2, 0.25) is 5.88 Å². The average molecular weight is 307 g/mol. The van der Waals surface area contributed by atoms with E-state index in [1.165, 1.54) is 0 Å². The average Bonchev–Trinajstić information content (AvgIpc) is 2.41. The summed E-state index contributed by atoms with van der Waals surface area (Å²) in [5, 5.41) is 8.90. The molecule has 118 valence electrons. The van der Waals surface area contributed by atoms with Crippen molar-refractivity contribution in [2.24, 2.45) is 0 Å². The minimum atomic E-state index is -4.66. The molecule has 8 heteroatoms. The summed E-state index contributed by atoms with van der Waals surface area (Å²) >= 11 is 0. The highest BCUT2D eigenvalue weighted by atomic mass is 19.4. The Labute approximate surface area is 119 Å². The molecule has 1 aromatic heterocycles. The zero-order chi connectivity index (χ0) is 15.9. The lowest BCUT2D eigenvalue weighted by molar-refractivity contribution is -0.141. The van der Waals surface area contributed by atoms with Crippen molar-refractivity contribution < 1.29 is 32.5 Å². The number of aromatic nitrogens is 1. The molecule has 1 N–H and O–H groups in total. The van der Waals surface area contributed by atoms with E-state index in [9.17, 15) is 18.0 Å². The third-order valence-corrected chi connectivity index (χ3v) is 2.49. The topological polar surface area (TPSA) is 68.7 Å². The maximum absolute atomic E-state index is 12.5. The fraction of sp³-hybridized carbons (Fsp3) is 0.538. The van der Waals surface area contributed by atoms with Gasteiger partial charge in [-0.2, -0.15) is 13.2 Å². The molecular formula is C13H16F3NO4. The zero-order valence-electron chi connectivity index (χ0n) is 11.4. The fourth-order valence-electron chi connectivity index (χ4n) is 1.42. The van der Waals surface area contributed by atoms with Gasteiger partial charge in [0, 0.05) is 6.61 Å². The second kappa shape index (κ2) is 7.82. The Kier molecular flexibility index (Phi) is 6.41. The van der Waals surface area contributed by atoms with E-state index in [2.05, 4.69) is 4.98 Å². The van der Waals surface area contributed by atoms with Crippen molar-refractivity contribution in [1.82, 2.24) is 4.98 Å². The molecule has 1 rings (SSSR count). The van der Waals surface area contributed by atoms with Gasteiger partial charge in [-0.25, -0.2) is 9.78 Å². The van der Waals surface area contributed by atoms with E-state index in [0.717, 1.165) is 18.9 Å². The Morgan fingerprint density at radius 2 is 2.00 bits per heavy atom. The minimum absolute atomic E-state index is 0.0711. The van der Waals surface area contributed by atoms with Crippen LogP contribution in [0, 0.1) is 0 Å². The molecule has 0 aliphatic heterocycles. The molecule has 0 aliphatic rings. The molecule has 0 fully saturated rings. The molecule has 0 radical (unpaired) electrons. The van der Waals surface area contributed by atoms with Crippen LogP contribution in [0.4, 0.5) is 13.2 Å². The summed E-state index contributed by atoms with van der Waals surface area (Å²) < 4.78 is 47.8. The summed E-state index contributed by atoms with van der Waals surface area (Å²) in [7, 11) is 0. The van der Waals surface area contributed by atoms with Gasteiger partial charge in [0.1, 0.15) is 17.9 Å². The summed E-state index contributed by atoms with van der Waals surface area (Å²) in [6.45, 7) is 2.59. The normalized spacial score (nSPS) is 11.4. The van der Waals surface area contributed by atoms with Gasteiger partial charge >= 0.3 is 12.1 Å². The van der Waals surface area contributed by atoms with Crippen LogP contribution in [0.5, 0.6) is 5.88 Å². The number of rotatable bonds is 8. The van der Waals surface area contributed by atoms with Crippen molar-refractivity contribution in [3.8, 4) is 5.88 Å². The number of hydrogen-bond donors (Lipinski definition) is 1. The van der Waals surface area contributed by atoms with Crippen molar-refractivity contribution in [2.75, 3.05) is 19.8 Å². The summed E-state index contributed by atoms with van der Waals surface area (Å²) in [5.41, 5.74) is -1.62. The van der Waals surface area contributed by atoms with Gasteiger partial charge in [-0.3, -0.25) is 0 Å². The van der Waals surface area contributed by atoms with Crippen molar-refractivity contribution in [1.29, 1.82) is 0 Å². The summed E-state index contributed by atoms with van der Waals surface area (Å²) in [6, 6.07) is 1.43. The largest absolute Gasteiger partial charge is 0.477 e. The number of carboxylic acids is 1. The Hall–Kier alpha value is -1.83. The maximum Gasteiger partial charge on any atom is 0.433 e. The van der Waals surface area contributed by atoms with Gasteiger partial charge in [-0.15, -0.1) is 0 Å². The number of carboxylic acid groups (broad SMARTS) is 1. The molecule has 0 aromatic carbocycles. The fourth-order valence-corrected chi connectivity index (χ4v) is 1.42. The molecule has 0 saturated carbocycles. The van der Waals surface area contributed by atoms with E-state index in [0.29, 0.717) is 12.7 Å². The summed E-state index contributed by atoms with van der Waals surface area (Å²) in [6.07, 6.45) is -2.84. The highest BCUT2D eigenvalue weighted by Gasteiger charge is 2.33. The number of nitrogens with zero attached hydrogens (tertiary/aromatic N) is 1. The molecule has 0 bridgehead atoms. The SMILES string of the molecule is CCCCOCCOc1nc(C(F)(F)F)ccc1C(=O)O. The monoisotopic (exact) mass is 307 g/mol. The first-order valence-electron chi connectivity index (χ1n) is 6.38. The van der Waals surface area contributed by atoms with E-state index in [1.54, 1.807) is 0 Å². The number of unbranched alkanes of at least 4 members (excludes halogenated alkanes) is 1. The Bertz CT molecular complexity index is 477. The quantitative estimate of drug-likeness (QED) is 0.748. The number of halogens is 3. The van der Waals surface area contributed by atoms with Crippen LogP contribution in [-0.4, -0.2) is 35.9 Å². The molecule has 0 saturated heterocycles.